The second-order valence-corrected chi connectivity index (χ2v) is 11.8. The first-order chi connectivity index (χ1) is 19.3. The number of hydrogen-bond acceptors (Lipinski definition) is 5. The number of sulfone groups is 1. The number of anilines is 1. The molecular formula is C30H25F3N4O3S. The van der Waals surface area contributed by atoms with Gasteiger partial charge in [-0.3, -0.25) is 4.79 Å². The van der Waals surface area contributed by atoms with Crippen LogP contribution in [0.25, 0.3) is 22.3 Å². The van der Waals surface area contributed by atoms with Gasteiger partial charge < -0.3 is 10.3 Å². The fourth-order valence-electron chi connectivity index (χ4n) is 4.44. The Bertz CT molecular complexity index is 1900. The van der Waals surface area contributed by atoms with E-state index in [1.54, 1.807) is 43.5 Å². The lowest BCUT2D eigenvalue weighted by molar-refractivity contribution is -0.137. The van der Waals surface area contributed by atoms with Gasteiger partial charge in [0.1, 0.15) is 5.82 Å². The van der Waals surface area contributed by atoms with E-state index in [1.807, 2.05) is 13.0 Å². The Hall–Kier alpha value is -4.51. The van der Waals surface area contributed by atoms with Crippen LogP contribution >= 0.6 is 0 Å². The molecule has 5 aromatic rings. The number of rotatable bonds is 6. The zero-order valence-electron chi connectivity index (χ0n) is 22.3. The topological polar surface area (TPSA) is 105 Å². The first kappa shape index (κ1) is 28.0. The monoisotopic (exact) mass is 578 g/mol. The number of fused-ring (bicyclic) bond motifs is 1. The van der Waals surface area contributed by atoms with Crippen molar-refractivity contribution in [3.8, 4) is 11.3 Å². The van der Waals surface area contributed by atoms with Crippen molar-refractivity contribution in [1.29, 1.82) is 0 Å². The average molecular weight is 579 g/mol. The van der Waals surface area contributed by atoms with Gasteiger partial charge in [-0.05, 0) is 73.0 Å². The summed E-state index contributed by atoms with van der Waals surface area (Å²) in [6, 6.07) is 16.5. The number of hydrogen-bond donors (Lipinski definition) is 2. The molecule has 5 rings (SSSR count). The first-order valence-electron chi connectivity index (χ1n) is 12.5. The highest BCUT2D eigenvalue weighted by Gasteiger charge is 2.31. The zero-order valence-corrected chi connectivity index (χ0v) is 23.1. The van der Waals surface area contributed by atoms with E-state index < -0.39 is 27.5 Å². The van der Waals surface area contributed by atoms with Crippen molar-refractivity contribution in [3.63, 3.8) is 0 Å². The van der Waals surface area contributed by atoms with E-state index in [0.717, 1.165) is 29.5 Å². The Morgan fingerprint density at radius 2 is 1.63 bits per heavy atom. The molecule has 0 aliphatic carbocycles. The molecule has 11 heteroatoms. The summed E-state index contributed by atoms with van der Waals surface area (Å²) in [6.07, 6.45) is -1.36. The maximum atomic E-state index is 13.2. The standard InChI is InChI=1S/C30H25F3N4O3S/c1-17-4-6-20(29(38)36-25-16-22(30(31,32)33)9-5-18(25)2)14-21(17)15-26-35-24-12-13-34-28(24)27(37-26)19-7-10-23(11-8-19)41(3,39)40/h4-14,16,34H,15H2,1-3H3,(H,36,38). The molecule has 0 unspecified atom stereocenters. The van der Waals surface area contributed by atoms with Crippen LogP contribution in [0.1, 0.15) is 38.4 Å². The fourth-order valence-corrected chi connectivity index (χ4v) is 5.07. The van der Waals surface area contributed by atoms with Gasteiger partial charge in [0.05, 0.1) is 27.2 Å². The molecule has 0 spiro atoms. The van der Waals surface area contributed by atoms with Gasteiger partial charge in [0, 0.05) is 35.7 Å². The summed E-state index contributed by atoms with van der Waals surface area (Å²) in [6.45, 7) is 3.50. The van der Waals surface area contributed by atoms with Gasteiger partial charge >= 0.3 is 6.18 Å². The van der Waals surface area contributed by atoms with E-state index in [4.69, 9.17) is 4.98 Å². The number of carbonyl (C=O) groups excluding carboxylic acids is 1. The molecule has 2 heterocycles. The summed E-state index contributed by atoms with van der Waals surface area (Å²) in [4.78, 5) is 25.8. The molecule has 0 saturated carbocycles. The molecule has 0 atom stereocenters. The number of aryl methyl sites for hydroxylation is 2. The summed E-state index contributed by atoms with van der Waals surface area (Å²) in [5.41, 5.74) is 4.34. The number of benzene rings is 3. The number of carbonyl (C=O) groups is 1. The van der Waals surface area contributed by atoms with Crippen LogP contribution in [0.15, 0.2) is 77.8 Å². The quantitative estimate of drug-likeness (QED) is 0.239. The lowest BCUT2D eigenvalue weighted by Crippen LogP contribution is -2.15. The third kappa shape index (κ3) is 5.99. The molecule has 210 valence electrons. The highest BCUT2D eigenvalue weighted by Crippen LogP contribution is 2.32. The van der Waals surface area contributed by atoms with E-state index in [2.05, 4.69) is 15.3 Å². The molecule has 1 amide bonds. The van der Waals surface area contributed by atoms with Crippen LogP contribution < -0.4 is 5.32 Å². The van der Waals surface area contributed by atoms with E-state index in [-0.39, 0.29) is 22.6 Å². The molecule has 0 fully saturated rings. The second-order valence-electron chi connectivity index (χ2n) is 9.82. The molecule has 3 aromatic carbocycles. The van der Waals surface area contributed by atoms with E-state index in [1.165, 1.54) is 18.2 Å². The predicted octanol–water partition coefficient (Wildman–Crippen LogP) is 6.51. The third-order valence-corrected chi connectivity index (χ3v) is 7.91. The third-order valence-electron chi connectivity index (χ3n) is 6.78. The SMILES string of the molecule is Cc1ccc(C(=O)Nc2cc(C(F)(F)F)ccc2C)cc1Cc1nc(-c2ccc(S(C)(=O)=O)cc2)c2[nH]ccc2n1. The lowest BCUT2D eigenvalue weighted by atomic mass is 10.0. The van der Waals surface area contributed by atoms with Crippen molar-refractivity contribution in [2.75, 3.05) is 11.6 Å². The molecule has 0 bridgehead atoms. The smallest absolute Gasteiger partial charge is 0.358 e. The van der Waals surface area contributed by atoms with Crippen molar-refractivity contribution >= 4 is 32.5 Å². The lowest BCUT2D eigenvalue weighted by Gasteiger charge is -2.14. The van der Waals surface area contributed by atoms with Crippen LogP contribution in [0.4, 0.5) is 18.9 Å². The number of amides is 1. The highest BCUT2D eigenvalue weighted by atomic mass is 32.2. The van der Waals surface area contributed by atoms with Gasteiger partial charge in [0.25, 0.3) is 5.91 Å². The van der Waals surface area contributed by atoms with Crippen LogP contribution in [0.2, 0.25) is 0 Å². The van der Waals surface area contributed by atoms with Gasteiger partial charge in [-0.2, -0.15) is 13.2 Å². The number of alkyl halides is 3. The molecule has 0 radical (unpaired) electrons. The second kappa shape index (κ2) is 10.5. The molecule has 41 heavy (non-hydrogen) atoms. The van der Waals surface area contributed by atoms with Crippen LogP contribution in [0, 0.1) is 13.8 Å². The highest BCUT2D eigenvalue weighted by molar-refractivity contribution is 7.90. The van der Waals surface area contributed by atoms with Gasteiger partial charge in [-0.25, -0.2) is 18.4 Å². The largest absolute Gasteiger partial charge is 0.416 e. The van der Waals surface area contributed by atoms with Crippen LogP contribution in [-0.4, -0.2) is 35.5 Å². The summed E-state index contributed by atoms with van der Waals surface area (Å²) in [7, 11) is -3.35. The van der Waals surface area contributed by atoms with Crippen LogP contribution in [-0.2, 0) is 22.4 Å². The molecule has 7 nitrogen and oxygen atoms in total. The van der Waals surface area contributed by atoms with Gasteiger partial charge in [-0.1, -0.05) is 24.3 Å². The van der Waals surface area contributed by atoms with E-state index in [0.29, 0.717) is 33.7 Å². The molecule has 0 aliphatic heterocycles. The molecule has 0 saturated heterocycles. The summed E-state index contributed by atoms with van der Waals surface area (Å²) in [5, 5.41) is 2.60. The Kier molecular flexibility index (Phi) is 7.16. The zero-order chi connectivity index (χ0) is 29.5. The Balaban J connectivity index is 1.45. The van der Waals surface area contributed by atoms with E-state index >= 15 is 0 Å². The van der Waals surface area contributed by atoms with Crippen molar-refractivity contribution in [2.45, 2.75) is 31.3 Å². The minimum absolute atomic E-state index is 0.0831. The Labute approximate surface area is 234 Å². The van der Waals surface area contributed by atoms with E-state index in [9.17, 15) is 26.4 Å². The van der Waals surface area contributed by atoms with Gasteiger partial charge in [0.2, 0.25) is 0 Å². The van der Waals surface area contributed by atoms with Gasteiger partial charge in [0.15, 0.2) is 9.84 Å². The molecule has 0 aliphatic rings. The maximum Gasteiger partial charge on any atom is 0.416 e. The fraction of sp³-hybridized carbons (Fsp3) is 0.167. The number of nitrogens with one attached hydrogen (secondary N) is 2. The van der Waals surface area contributed by atoms with Crippen LogP contribution in [0.5, 0.6) is 0 Å². The number of aromatic amines is 1. The molecule has 2 N–H and O–H groups in total. The summed E-state index contributed by atoms with van der Waals surface area (Å²) >= 11 is 0. The summed E-state index contributed by atoms with van der Waals surface area (Å²) < 4.78 is 63.3. The number of aromatic nitrogens is 3. The van der Waals surface area contributed by atoms with Gasteiger partial charge in [-0.15, -0.1) is 0 Å². The average Bonchev–Trinajstić information content (AvgIpc) is 3.38. The molecular weight excluding hydrogens is 553 g/mol. The summed E-state index contributed by atoms with van der Waals surface area (Å²) in [5.74, 6) is -0.0593. The number of nitrogens with zero attached hydrogens (tertiary/aromatic N) is 2. The minimum atomic E-state index is -4.53. The predicted molar refractivity (Wildman–Crippen MR) is 151 cm³/mol. The van der Waals surface area contributed by atoms with Crippen molar-refractivity contribution in [3.05, 3.63) is 107 Å². The van der Waals surface area contributed by atoms with Crippen LogP contribution in [0.3, 0.4) is 0 Å². The first-order valence-corrected chi connectivity index (χ1v) is 14.4. The number of H-pyrrole nitrogens is 1. The Morgan fingerprint density at radius 3 is 2.32 bits per heavy atom. The van der Waals surface area contributed by atoms with Crippen molar-refractivity contribution < 1.29 is 26.4 Å². The van der Waals surface area contributed by atoms with Crippen molar-refractivity contribution in [2.24, 2.45) is 0 Å². The minimum Gasteiger partial charge on any atom is -0.358 e. The maximum absolute atomic E-state index is 13.2. The normalized spacial score (nSPS) is 12.0. The number of halogens is 3. The molecule has 2 aromatic heterocycles. The Morgan fingerprint density at radius 1 is 0.927 bits per heavy atom. The van der Waals surface area contributed by atoms with Crippen molar-refractivity contribution in [1.82, 2.24) is 15.0 Å².